The molecule has 2 aromatic rings. The molecule has 1 heterocycles. The van der Waals surface area contributed by atoms with Gasteiger partial charge in [-0.1, -0.05) is 51.4 Å². The van der Waals surface area contributed by atoms with Crippen molar-refractivity contribution in [2.24, 2.45) is 0 Å². The Hall–Kier alpha value is -0.580. The van der Waals surface area contributed by atoms with E-state index in [1.165, 1.54) is 11.8 Å². The van der Waals surface area contributed by atoms with Crippen molar-refractivity contribution in [2.75, 3.05) is 6.26 Å². The summed E-state index contributed by atoms with van der Waals surface area (Å²) in [6.07, 6.45) is 1.93. The molecule has 16 heavy (non-hydrogen) atoms. The first-order chi connectivity index (χ1) is 7.69. The van der Waals surface area contributed by atoms with Crippen LogP contribution in [0.3, 0.4) is 0 Å². The summed E-state index contributed by atoms with van der Waals surface area (Å²) in [5.41, 5.74) is 1.87. The Morgan fingerprint density at radius 1 is 1.19 bits per heavy atom. The minimum atomic E-state index is 0.470. The van der Waals surface area contributed by atoms with Gasteiger partial charge in [0.1, 0.15) is 5.15 Å². The fourth-order valence-corrected chi connectivity index (χ4v) is 2.13. The highest BCUT2D eigenvalue weighted by Crippen LogP contribution is 2.24. The van der Waals surface area contributed by atoms with Crippen molar-refractivity contribution >= 4 is 39.3 Å². The van der Waals surface area contributed by atoms with Gasteiger partial charge in [-0.05, 0) is 18.4 Å². The minimum absolute atomic E-state index is 0.470. The minimum Gasteiger partial charge on any atom is -0.222 e. The molecule has 0 fully saturated rings. The number of halogens is 2. The van der Waals surface area contributed by atoms with Crippen molar-refractivity contribution in [1.29, 1.82) is 0 Å². The van der Waals surface area contributed by atoms with Gasteiger partial charge in [-0.15, -0.1) is 0 Å². The maximum Gasteiger partial charge on any atom is 0.189 e. The summed E-state index contributed by atoms with van der Waals surface area (Å²) in [5.74, 6) is 0. The van der Waals surface area contributed by atoms with Gasteiger partial charge < -0.3 is 0 Å². The van der Waals surface area contributed by atoms with E-state index >= 15 is 0 Å². The van der Waals surface area contributed by atoms with E-state index in [1.54, 1.807) is 6.07 Å². The van der Waals surface area contributed by atoms with E-state index in [0.717, 1.165) is 15.7 Å². The summed E-state index contributed by atoms with van der Waals surface area (Å²) in [6.45, 7) is 0. The van der Waals surface area contributed by atoms with Gasteiger partial charge in [-0.3, -0.25) is 0 Å². The number of thioether (sulfide) groups is 1. The van der Waals surface area contributed by atoms with E-state index < -0.39 is 0 Å². The number of hydrogen-bond donors (Lipinski definition) is 0. The monoisotopic (exact) mass is 314 g/mol. The Bertz CT molecular complexity index is 502. The normalized spacial score (nSPS) is 10.4. The van der Waals surface area contributed by atoms with Crippen LogP contribution in [0.2, 0.25) is 5.15 Å². The topological polar surface area (TPSA) is 25.8 Å². The first-order valence-electron chi connectivity index (χ1n) is 4.53. The lowest BCUT2D eigenvalue weighted by Crippen LogP contribution is -1.90. The highest BCUT2D eigenvalue weighted by Gasteiger charge is 2.04. The molecule has 5 heteroatoms. The molecule has 0 amide bonds. The molecule has 0 aliphatic rings. The third-order valence-electron chi connectivity index (χ3n) is 2.00. The number of aromatic nitrogens is 2. The lowest BCUT2D eigenvalue weighted by Gasteiger charge is -2.03. The van der Waals surface area contributed by atoms with E-state index in [2.05, 4.69) is 25.9 Å². The summed E-state index contributed by atoms with van der Waals surface area (Å²) in [4.78, 5) is 8.51. The summed E-state index contributed by atoms with van der Waals surface area (Å²) in [6, 6.07) is 9.71. The molecule has 0 radical (unpaired) electrons. The van der Waals surface area contributed by atoms with Crippen LogP contribution in [0.15, 0.2) is 40.0 Å². The van der Waals surface area contributed by atoms with Gasteiger partial charge in [-0.2, -0.15) is 0 Å². The molecular formula is C11H8BrClN2S. The highest BCUT2D eigenvalue weighted by atomic mass is 79.9. The Kier molecular flexibility index (Phi) is 3.84. The van der Waals surface area contributed by atoms with Gasteiger partial charge in [0, 0.05) is 16.1 Å². The second kappa shape index (κ2) is 5.17. The molecule has 2 nitrogen and oxygen atoms in total. The van der Waals surface area contributed by atoms with Gasteiger partial charge >= 0.3 is 0 Å². The maximum atomic E-state index is 5.94. The van der Waals surface area contributed by atoms with Crippen molar-refractivity contribution in [1.82, 2.24) is 9.97 Å². The molecule has 82 valence electrons. The van der Waals surface area contributed by atoms with Crippen molar-refractivity contribution in [3.05, 3.63) is 40.0 Å². The van der Waals surface area contributed by atoms with Crippen molar-refractivity contribution in [3.8, 4) is 11.3 Å². The molecule has 0 atom stereocenters. The SMILES string of the molecule is CSc1nc(Cl)cc(-c2ccc(Br)cc2)n1. The number of benzene rings is 1. The van der Waals surface area contributed by atoms with Gasteiger partial charge in [0.2, 0.25) is 0 Å². The standard InChI is InChI=1S/C11H8BrClN2S/c1-16-11-14-9(6-10(13)15-11)7-2-4-8(12)5-3-7/h2-6H,1H3. The van der Waals surface area contributed by atoms with E-state index in [-0.39, 0.29) is 0 Å². The van der Waals surface area contributed by atoms with Gasteiger partial charge in [0.25, 0.3) is 0 Å². The van der Waals surface area contributed by atoms with Crippen LogP contribution in [0.4, 0.5) is 0 Å². The average Bonchev–Trinajstić information content (AvgIpc) is 2.29. The van der Waals surface area contributed by atoms with Crippen molar-refractivity contribution in [2.45, 2.75) is 5.16 Å². The van der Waals surface area contributed by atoms with E-state index in [4.69, 9.17) is 11.6 Å². The molecule has 1 aromatic heterocycles. The molecule has 0 bridgehead atoms. The third kappa shape index (κ3) is 2.75. The van der Waals surface area contributed by atoms with Crippen LogP contribution < -0.4 is 0 Å². The highest BCUT2D eigenvalue weighted by molar-refractivity contribution is 9.10. The lowest BCUT2D eigenvalue weighted by atomic mass is 10.1. The van der Waals surface area contributed by atoms with Crippen molar-refractivity contribution in [3.63, 3.8) is 0 Å². The summed E-state index contributed by atoms with van der Waals surface area (Å²) >= 11 is 10.8. The van der Waals surface area contributed by atoms with Crippen LogP contribution in [0.5, 0.6) is 0 Å². The Labute approximate surface area is 112 Å². The largest absolute Gasteiger partial charge is 0.222 e. The zero-order valence-electron chi connectivity index (χ0n) is 8.45. The molecule has 0 spiro atoms. The smallest absolute Gasteiger partial charge is 0.189 e. The molecular weight excluding hydrogens is 308 g/mol. The summed E-state index contributed by atoms with van der Waals surface area (Å²) < 4.78 is 1.04. The van der Waals surface area contributed by atoms with Gasteiger partial charge in [0.15, 0.2) is 5.16 Å². The number of hydrogen-bond acceptors (Lipinski definition) is 3. The van der Waals surface area contributed by atoms with Crippen LogP contribution in [0.1, 0.15) is 0 Å². The lowest BCUT2D eigenvalue weighted by molar-refractivity contribution is 0.977. The molecule has 0 aliphatic heterocycles. The van der Waals surface area contributed by atoms with Crippen LogP contribution in [-0.4, -0.2) is 16.2 Å². The molecule has 0 saturated heterocycles. The van der Waals surface area contributed by atoms with Gasteiger partial charge in [0.05, 0.1) is 5.69 Å². The zero-order valence-corrected chi connectivity index (χ0v) is 11.6. The molecule has 0 unspecified atom stereocenters. The fraction of sp³-hybridized carbons (Fsp3) is 0.0909. The van der Waals surface area contributed by atoms with E-state index in [1.807, 2.05) is 30.5 Å². The maximum absolute atomic E-state index is 5.94. The number of nitrogens with zero attached hydrogens (tertiary/aromatic N) is 2. The zero-order chi connectivity index (χ0) is 11.5. The first kappa shape index (κ1) is 11.9. The Balaban J connectivity index is 2.47. The summed E-state index contributed by atoms with van der Waals surface area (Å²) in [5, 5.41) is 1.16. The Morgan fingerprint density at radius 2 is 1.88 bits per heavy atom. The second-order valence-corrected chi connectivity index (χ2v) is 5.15. The molecule has 0 N–H and O–H groups in total. The van der Waals surface area contributed by atoms with Crippen molar-refractivity contribution < 1.29 is 0 Å². The second-order valence-electron chi connectivity index (χ2n) is 3.07. The van der Waals surface area contributed by atoms with E-state index in [0.29, 0.717) is 10.3 Å². The average molecular weight is 316 g/mol. The molecule has 0 saturated carbocycles. The quantitative estimate of drug-likeness (QED) is 0.470. The number of rotatable bonds is 2. The molecule has 2 rings (SSSR count). The van der Waals surface area contributed by atoms with Gasteiger partial charge in [-0.25, -0.2) is 9.97 Å². The van der Waals surface area contributed by atoms with Crippen LogP contribution >= 0.6 is 39.3 Å². The van der Waals surface area contributed by atoms with E-state index in [9.17, 15) is 0 Å². The first-order valence-corrected chi connectivity index (χ1v) is 6.93. The molecule has 1 aromatic carbocycles. The Morgan fingerprint density at radius 3 is 2.50 bits per heavy atom. The van der Waals surface area contributed by atoms with Crippen LogP contribution in [0, 0.1) is 0 Å². The van der Waals surface area contributed by atoms with Crippen LogP contribution in [0.25, 0.3) is 11.3 Å². The fourth-order valence-electron chi connectivity index (χ4n) is 1.26. The predicted octanol–water partition coefficient (Wildman–Crippen LogP) is 4.28. The summed E-state index contributed by atoms with van der Waals surface area (Å²) in [7, 11) is 0. The van der Waals surface area contributed by atoms with Crippen LogP contribution in [-0.2, 0) is 0 Å². The third-order valence-corrected chi connectivity index (χ3v) is 3.27. The molecule has 0 aliphatic carbocycles. The predicted molar refractivity (Wildman–Crippen MR) is 72.0 cm³/mol.